The summed E-state index contributed by atoms with van der Waals surface area (Å²) in [6, 6.07) is 0.519. The van der Waals surface area contributed by atoms with E-state index in [-0.39, 0.29) is 5.54 Å². The molecule has 1 aliphatic heterocycles. The van der Waals surface area contributed by atoms with Crippen LogP contribution in [0.3, 0.4) is 0 Å². The normalized spacial score (nSPS) is 48.9. The fourth-order valence-electron chi connectivity index (χ4n) is 5.94. The average Bonchev–Trinajstić information content (AvgIpc) is 2.37. The molecular formula is C16H26N2O. The SMILES string of the molecule is CNC1CCC(=O)N(C23CC4CC(CC(C4)C2)C3)C1. The van der Waals surface area contributed by atoms with Gasteiger partial charge < -0.3 is 10.2 Å². The lowest BCUT2D eigenvalue weighted by Gasteiger charge is -2.61. The number of likely N-dealkylation sites (N-methyl/N-ethyl adjacent to an activating group) is 1. The van der Waals surface area contributed by atoms with Gasteiger partial charge in [0.15, 0.2) is 0 Å². The molecule has 1 heterocycles. The Morgan fingerprint density at radius 3 is 2.21 bits per heavy atom. The maximum Gasteiger partial charge on any atom is 0.223 e. The van der Waals surface area contributed by atoms with Crippen LogP contribution < -0.4 is 5.32 Å². The summed E-state index contributed by atoms with van der Waals surface area (Å²) < 4.78 is 0. The first-order valence-corrected chi connectivity index (χ1v) is 8.16. The van der Waals surface area contributed by atoms with Crippen molar-refractivity contribution in [3.05, 3.63) is 0 Å². The molecule has 0 spiro atoms. The molecule has 1 saturated heterocycles. The molecule has 5 aliphatic rings. The van der Waals surface area contributed by atoms with E-state index in [4.69, 9.17) is 0 Å². The second-order valence-electron chi connectivity index (χ2n) is 7.67. The van der Waals surface area contributed by atoms with Crippen molar-refractivity contribution in [2.75, 3.05) is 13.6 Å². The van der Waals surface area contributed by atoms with E-state index in [1.807, 2.05) is 7.05 Å². The highest BCUT2D eigenvalue weighted by Crippen LogP contribution is 2.58. The molecule has 19 heavy (non-hydrogen) atoms. The maximum atomic E-state index is 12.5. The van der Waals surface area contributed by atoms with E-state index in [1.165, 1.54) is 38.5 Å². The van der Waals surface area contributed by atoms with E-state index in [0.717, 1.165) is 37.1 Å². The van der Waals surface area contributed by atoms with Crippen LogP contribution in [0.1, 0.15) is 51.4 Å². The minimum atomic E-state index is 0.265. The summed E-state index contributed by atoms with van der Waals surface area (Å²) in [4.78, 5) is 14.8. The minimum absolute atomic E-state index is 0.265. The average molecular weight is 262 g/mol. The Morgan fingerprint density at radius 1 is 1.11 bits per heavy atom. The van der Waals surface area contributed by atoms with Gasteiger partial charge in [0.25, 0.3) is 0 Å². The second-order valence-corrected chi connectivity index (χ2v) is 7.67. The topological polar surface area (TPSA) is 32.3 Å². The first-order valence-electron chi connectivity index (χ1n) is 8.16. The number of piperidine rings is 1. The van der Waals surface area contributed by atoms with Crippen LogP contribution in [0.5, 0.6) is 0 Å². The highest BCUT2D eigenvalue weighted by molar-refractivity contribution is 5.78. The molecule has 5 rings (SSSR count). The number of hydrogen-bond donors (Lipinski definition) is 1. The van der Waals surface area contributed by atoms with Crippen molar-refractivity contribution < 1.29 is 4.79 Å². The quantitative estimate of drug-likeness (QED) is 0.827. The molecule has 1 atom stereocenters. The molecule has 1 amide bonds. The van der Waals surface area contributed by atoms with Gasteiger partial charge in [0.05, 0.1) is 0 Å². The molecule has 0 aromatic rings. The van der Waals surface area contributed by atoms with E-state index >= 15 is 0 Å². The zero-order valence-corrected chi connectivity index (χ0v) is 12.0. The van der Waals surface area contributed by atoms with Crippen molar-refractivity contribution in [2.45, 2.75) is 62.9 Å². The lowest BCUT2D eigenvalue weighted by atomic mass is 9.52. The van der Waals surface area contributed by atoms with Crippen LogP contribution in [-0.4, -0.2) is 36.0 Å². The molecule has 3 nitrogen and oxygen atoms in total. The van der Waals surface area contributed by atoms with Gasteiger partial charge in [-0.2, -0.15) is 0 Å². The summed E-state index contributed by atoms with van der Waals surface area (Å²) >= 11 is 0. The predicted molar refractivity (Wildman–Crippen MR) is 74.7 cm³/mol. The van der Waals surface area contributed by atoms with Gasteiger partial charge in [0, 0.05) is 24.5 Å². The van der Waals surface area contributed by atoms with Crippen LogP contribution in [0, 0.1) is 17.8 Å². The number of likely N-dealkylation sites (tertiary alicyclic amines) is 1. The van der Waals surface area contributed by atoms with Crippen molar-refractivity contribution in [1.29, 1.82) is 0 Å². The van der Waals surface area contributed by atoms with Crippen molar-refractivity contribution in [3.63, 3.8) is 0 Å². The summed E-state index contributed by atoms with van der Waals surface area (Å²) in [5.74, 6) is 3.21. The molecule has 0 aromatic carbocycles. The Morgan fingerprint density at radius 2 is 1.68 bits per heavy atom. The van der Waals surface area contributed by atoms with Gasteiger partial charge in [-0.3, -0.25) is 4.79 Å². The Balaban J connectivity index is 1.61. The zero-order chi connectivity index (χ0) is 13.0. The van der Waals surface area contributed by atoms with E-state index in [9.17, 15) is 4.79 Å². The Hall–Kier alpha value is -0.570. The fraction of sp³-hybridized carbons (Fsp3) is 0.938. The summed E-state index contributed by atoms with van der Waals surface area (Å²) in [5.41, 5.74) is 0.265. The number of rotatable bonds is 2. The molecule has 1 unspecified atom stereocenters. The van der Waals surface area contributed by atoms with E-state index in [1.54, 1.807) is 0 Å². The van der Waals surface area contributed by atoms with Crippen molar-refractivity contribution >= 4 is 5.91 Å². The third-order valence-electron chi connectivity index (χ3n) is 6.40. The molecule has 4 aliphatic carbocycles. The maximum absolute atomic E-state index is 12.5. The monoisotopic (exact) mass is 262 g/mol. The third kappa shape index (κ3) is 1.84. The first-order chi connectivity index (χ1) is 9.18. The Kier molecular flexibility index (Phi) is 2.70. The number of carbonyl (C=O) groups excluding carboxylic acids is 1. The molecule has 4 saturated carbocycles. The Bertz CT molecular complexity index is 357. The summed E-state index contributed by atoms with van der Waals surface area (Å²) in [6.07, 6.45) is 10.1. The van der Waals surface area contributed by atoms with Gasteiger partial charge >= 0.3 is 0 Å². The number of nitrogens with zero attached hydrogens (tertiary/aromatic N) is 1. The summed E-state index contributed by atoms with van der Waals surface area (Å²) in [6.45, 7) is 0.960. The Labute approximate surface area is 116 Å². The second kappa shape index (κ2) is 4.21. The zero-order valence-electron chi connectivity index (χ0n) is 12.0. The van der Waals surface area contributed by atoms with Gasteiger partial charge in [0.1, 0.15) is 0 Å². The minimum Gasteiger partial charge on any atom is -0.335 e. The number of carbonyl (C=O) groups is 1. The molecule has 0 aromatic heterocycles. The first kappa shape index (κ1) is 12.2. The van der Waals surface area contributed by atoms with Crippen LogP contribution >= 0.6 is 0 Å². The molecule has 4 bridgehead atoms. The highest BCUT2D eigenvalue weighted by atomic mass is 16.2. The molecular weight excluding hydrogens is 236 g/mol. The van der Waals surface area contributed by atoms with Crippen molar-refractivity contribution in [2.24, 2.45) is 17.8 Å². The summed E-state index contributed by atoms with van der Waals surface area (Å²) in [7, 11) is 2.04. The number of hydrogen-bond acceptors (Lipinski definition) is 2. The molecule has 5 fully saturated rings. The summed E-state index contributed by atoms with van der Waals surface area (Å²) in [5, 5.41) is 3.39. The lowest BCUT2D eigenvalue weighted by molar-refractivity contribution is -0.155. The highest BCUT2D eigenvalue weighted by Gasteiger charge is 2.55. The lowest BCUT2D eigenvalue weighted by Crippen LogP contribution is -2.64. The number of amides is 1. The van der Waals surface area contributed by atoms with Crippen LogP contribution in [0.4, 0.5) is 0 Å². The van der Waals surface area contributed by atoms with E-state index in [0.29, 0.717) is 11.9 Å². The van der Waals surface area contributed by atoms with Gasteiger partial charge in [-0.1, -0.05) is 0 Å². The van der Waals surface area contributed by atoms with Crippen LogP contribution in [0.15, 0.2) is 0 Å². The van der Waals surface area contributed by atoms with E-state index < -0.39 is 0 Å². The third-order valence-corrected chi connectivity index (χ3v) is 6.40. The fourth-order valence-corrected chi connectivity index (χ4v) is 5.94. The number of nitrogens with one attached hydrogen (secondary N) is 1. The van der Waals surface area contributed by atoms with Gasteiger partial charge in [-0.25, -0.2) is 0 Å². The molecule has 0 radical (unpaired) electrons. The molecule has 1 N–H and O–H groups in total. The van der Waals surface area contributed by atoms with Crippen molar-refractivity contribution in [3.8, 4) is 0 Å². The smallest absolute Gasteiger partial charge is 0.223 e. The molecule has 106 valence electrons. The van der Waals surface area contributed by atoms with E-state index in [2.05, 4.69) is 10.2 Å². The van der Waals surface area contributed by atoms with Crippen LogP contribution in [-0.2, 0) is 4.79 Å². The predicted octanol–water partition coefficient (Wildman–Crippen LogP) is 2.17. The molecule has 3 heteroatoms. The standard InChI is InChI=1S/C16H26N2O/c1-17-14-2-3-15(19)18(10-14)16-7-11-4-12(8-16)6-13(5-11)9-16/h11-14,17H,2-10H2,1H3. The largest absolute Gasteiger partial charge is 0.335 e. The van der Waals surface area contributed by atoms with Gasteiger partial charge in [-0.05, 0) is 69.7 Å². The van der Waals surface area contributed by atoms with Crippen LogP contribution in [0.2, 0.25) is 0 Å². The van der Waals surface area contributed by atoms with Crippen LogP contribution in [0.25, 0.3) is 0 Å². The van der Waals surface area contributed by atoms with Crippen molar-refractivity contribution in [1.82, 2.24) is 10.2 Å². The van der Waals surface area contributed by atoms with Gasteiger partial charge in [0.2, 0.25) is 5.91 Å². The van der Waals surface area contributed by atoms with Gasteiger partial charge in [-0.15, -0.1) is 0 Å².